The molecule has 12 aromatic carbocycles. The molecule has 1 aliphatic carbocycles. The molecule has 0 aliphatic heterocycles. The summed E-state index contributed by atoms with van der Waals surface area (Å²) in [6, 6.07) is 92.7. The first kappa shape index (κ1) is 41.4. The maximum Gasteiger partial charge on any atom is 0.0543 e. The van der Waals surface area contributed by atoms with Crippen molar-refractivity contribution in [2.24, 2.45) is 0 Å². The minimum atomic E-state index is -0.185. The van der Waals surface area contributed by atoms with Gasteiger partial charge in [0.25, 0.3) is 0 Å². The lowest BCUT2D eigenvalue weighted by Gasteiger charge is -2.31. The molecule has 1 nitrogen and oxygen atoms in total. The van der Waals surface area contributed by atoms with Crippen molar-refractivity contribution in [3.63, 3.8) is 0 Å². The van der Waals surface area contributed by atoms with E-state index in [2.05, 4.69) is 267 Å². The van der Waals surface area contributed by atoms with Gasteiger partial charge in [0.05, 0.1) is 11.4 Å². The van der Waals surface area contributed by atoms with E-state index >= 15 is 0 Å². The number of rotatable bonds is 7. The fraction of sp³-hybridized carbons (Fsp3) is 0.0435. The van der Waals surface area contributed by atoms with Gasteiger partial charge in [0.1, 0.15) is 0 Å². The summed E-state index contributed by atoms with van der Waals surface area (Å²) < 4.78 is 2.56. The van der Waals surface area contributed by atoms with Crippen LogP contribution < -0.4 is 4.90 Å². The van der Waals surface area contributed by atoms with Crippen LogP contribution in [-0.4, -0.2) is 0 Å². The minimum Gasteiger partial charge on any atom is -0.309 e. The molecule has 71 heavy (non-hydrogen) atoms. The van der Waals surface area contributed by atoms with E-state index in [9.17, 15) is 0 Å². The van der Waals surface area contributed by atoms with Crippen molar-refractivity contribution in [2.45, 2.75) is 19.3 Å². The van der Waals surface area contributed by atoms with Crippen LogP contribution in [0.4, 0.5) is 17.1 Å². The predicted octanol–water partition coefficient (Wildman–Crippen LogP) is 20.0. The second-order valence-electron chi connectivity index (χ2n) is 19.5. The Hall–Kier alpha value is -8.56. The van der Waals surface area contributed by atoms with Crippen LogP contribution >= 0.6 is 11.3 Å². The van der Waals surface area contributed by atoms with E-state index in [0.717, 1.165) is 17.1 Å². The fourth-order valence-electron chi connectivity index (χ4n) is 11.9. The lowest BCUT2D eigenvalue weighted by molar-refractivity contribution is 0.660. The van der Waals surface area contributed by atoms with Crippen LogP contribution in [-0.2, 0) is 5.41 Å². The van der Waals surface area contributed by atoms with Gasteiger partial charge in [0.15, 0.2) is 0 Å². The average molecular weight is 922 g/mol. The number of nitrogens with zero attached hydrogens (tertiary/aromatic N) is 1. The molecule has 0 atom stereocenters. The average Bonchev–Trinajstić information content (AvgIpc) is 3.93. The summed E-state index contributed by atoms with van der Waals surface area (Å²) in [4.78, 5) is 2.59. The van der Waals surface area contributed by atoms with Gasteiger partial charge >= 0.3 is 0 Å². The number of thiophene rings is 1. The molecule has 0 saturated carbocycles. The van der Waals surface area contributed by atoms with E-state index in [4.69, 9.17) is 0 Å². The molecule has 334 valence electrons. The van der Waals surface area contributed by atoms with E-state index in [-0.39, 0.29) is 5.41 Å². The van der Waals surface area contributed by atoms with Gasteiger partial charge in [-0.1, -0.05) is 232 Å². The van der Waals surface area contributed by atoms with E-state index in [1.165, 1.54) is 119 Å². The summed E-state index contributed by atoms with van der Waals surface area (Å²) in [5.74, 6) is 0. The molecular weight excluding hydrogens is 875 g/mol. The highest BCUT2D eigenvalue weighted by Crippen LogP contribution is 2.57. The zero-order valence-electron chi connectivity index (χ0n) is 39.5. The standard InChI is InChI=1S/C69H47NS/c1-69(2)60-34-14-13-30-56(60)67-61(69)35-18-36-63(67)70(62-40-38-49(44-19-5-3-6-20-44)41-58(62)46-21-7-4-8-22-46)50-42-59(66-57-39-37-47-24-10-12-29-52(47)68(57)71-64(66)43-50)55-33-17-27-48-26-16-32-54(65(48)55)53-31-15-25-45-23-9-11-28-51(45)53/h3-43H,1-2H3. The van der Waals surface area contributed by atoms with E-state index in [0.29, 0.717) is 0 Å². The van der Waals surface area contributed by atoms with Gasteiger partial charge in [0, 0.05) is 42.4 Å². The van der Waals surface area contributed by atoms with Crippen LogP contribution in [0.5, 0.6) is 0 Å². The molecule has 14 rings (SSSR count). The molecule has 0 amide bonds. The molecule has 13 aromatic rings. The lowest BCUT2D eigenvalue weighted by atomic mass is 9.82. The molecule has 0 N–H and O–H groups in total. The van der Waals surface area contributed by atoms with Crippen molar-refractivity contribution in [3.8, 4) is 55.6 Å². The topological polar surface area (TPSA) is 3.24 Å². The van der Waals surface area contributed by atoms with Crippen LogP contribution in [0.2, 0.25) is 0 Å². The van der Waals surface area contributed by atoms with Crippen molar-refractivity contribution in [1.82, 2.24) is 0 Å². The van der Waals surface area contributed by atoms with Crippen molar-refractivity contribution in [2.75, 3.05) is 4.90 Å². The van der Waals surface area contributed by atoms with Crippen molar-refractivity contribution in [1.29, 1.82) is 0 Å². The third-order valence-corrected chi connectivity index (χ3v) is 16.4. The van der Waals surface area contributed by atoms with Gasteiger partial charge in [0.2, 0.25) is 0 Å². The normalized spacial score (nSPS) is 12.8. The van der Waals surface area contributed by atoms with Gasteiger partial charge in [-0.3, -0.25) is 0 Å². The van der Waals surface area contributed by atoms with Crippen LogP contribution in [0.25, 0.3) is 108 Å². The molecule has 0 radical (unpaired) electrons. The Bertz CT molecular complexity index is 4250. The highest BCUT2D eigenvalue weighted by Gasteiger charge is 2.38. The molecule has 0 spiro atoms. The second-order valence-corrected chi connectivity index (χ2v) is 20.6. The van der Waals surface area contributed by atoms with Gasteiger partial charge < -0.3 is 4.90 Å². The Morgan fingerprint density at radius 1 is 0.338 bits per heavy atom. The smallest absolute Gasteiger partial charge is 0.0543 e. The largest absolute Gasteiger partial charge is 0.309 e. The molecule has 1 aromatic heterocycles. The molecule has 2 heteroatoms. The maximum absolute atomic E-state index is 2.59. The van der Waals surface area contributed by atoms with Crippen molar-refractivity contribution >= 4 is 80.9 Å². The van der Waals surface area contributed by atoms with Crippen molar-refractivity contribution < 1.29 is 0 Å². The Labute approximate surface area is 418 Å². The van der Waals surface area contributed by atoms with Crippen LogP contribution in [0, 0.1) is 0 Å². The fourth-order valence-corrected chi connectivity index (χ4v) is 13.2. The summed E-state index contributed by atoms with van der Waals surface area (Å²) in [6.45, 7) is 4.77. The number of hydrogen-bond donors (Lipinski definition) is 0. The van der Waals surface area contributed by atoms with Gasteiger partial charge in [-0.2, -0.15) is 0 Å². The third kappa shape index (κ3) is 6.52. The van der Waals surface area contributed by atoms with E-state index in [1.807, 2.05) is 11.3 Å². The number of fused-ring (bicyclic) bond motifs is 10. The Morgan fingerprint density at radius 2 is 0.930 bits per heavy atom. The summed E-state index contributed by atoms with van der Waals surface area (Å²) in [7, 11) is 0. The first-order chi connectivity index (χ1) is 35.0. The van der Waals surface area contributed by atoms with Crippen LogP contribution in [0.1, 0.15) is 25.0 Å². The Balaban J connectivity index is 1.13. The molecule has 0 fully saturated rings. The van der Waals surface area contributed by atoms with E-state index < -0.39 is 0 Å². The first-order valence-corrected chi connectivity index (χ1v) is 25.5. The Morgan fingerprint density at radius 3 is 1.72 bits per heavy atom. The van der Waals surface area contributed by atoms with Gasteiger partial charge in [-0.25, -0.2) is 0 Å². The van der Waals surface area contributed by atoms with Crippen LogP contribution in [0.15, 0.2) is 249 Å². The Kier molecular flexibility index (Phi) is 9.49. The predicted molar refractivity (Wildman–Crippen MR) is 306 cm³/mol. The quantitative estimate of drug-likeness (QED) is 0.154. The SMILES string of the molecule is CC1(C)c2ccccc2-c2c(N(c3cc(-c4cccc5cccc(-c6cccc7ccccc67)c45)c4c(c3)sc3c5ccccc5ccc34)c3ccc(-c4ccccc4)cc3-c3ccccc3)cccc21. The van der Waals surface area contributed by atoms with E-state index in [1.54, 1.807) is 0 Å². The first-order valence-electron chi connectivity index (χ1n) is 24.7. The minimum absolute atomic E-state index is 0.185. The summed E-state index contributed by atoms with van der Waals surface area (Å²) >= 11 is 1.92. The number of anilines is 3. The number of benzene rings is 12. The zero-order chi connectivity index (χ0) is 47.2. The molecule has 1 heterocycles. The summed E-state index contributed by atoms with van der Waals surface area (Å²) in [5, 5.41) is 10.1. The second kappa shape index (κ2) is 16.3. The highest BCUT2D eigenvalue weighted by atomic mass is 32.1. The third-order valence-electron chi connectivity index (χ3n) is 15.2. The van der Waals surface area contributed by atoms with Crippen molar-refractivity contribution in [3.05, 3.63) is 260 Å². The number of hydrogen-bond acceptors (Lipinski definition) is 2. The highest BCUT2D eigenvalue weighted by molar-refractivity contribution is 7.26. The zero-order valence-corrected chi connectivity index (χ0v) is 40.3. The molecule has 1 aliphatic rings. The van der Waals surface area contributed by atoms with Gasteiger partial charge in [-0.05, 0) is 118 Å². The van der Waals surface area contributed by atoms with Gasteiger partial charge in [-0.15, -0.1) is 11.3 Å². The lowest BCUT2D eigenvalue weighted by Crippen LogP contribution is -2.16. The van der Waals surface area contributed by atoms with Crippen LogP contribution in [0.3, 0.4) is 0 Å². The molecule has 0 saturated heterocycles. The molecule has 0 unspecified atom stereocenters. The summed E-state index contributed by atoms with van der Waals surface area (Å²) in [6.07, 6.45) is 0. The maximum atomic E-state index is 2.59. The summed E-state index contributed by atoms with van der Waals surface area (Å²) in [5.41, 5.74) is 18.1. The monoisotopic (exact) mass is 921 g/mol. The molecular formula is C69H47NS. The molecule has 0 bridgehead atoms.